The van der Waals surface area contributed by atoms with Crippen LogP contribution in [0.2, 0.25) is 5.02 Å². The van der Waals surface area contributed by atoms with Crippen LogP contribution in [0, 0.1) is 0 Å². The highest BCUT2D eigenvalue weighted by atomic mass is 35.5. The Hall–Kier alpha value is -2.20. The standard InChI is InChI=1S/C14H14ClF2N3O4S/c1-23-11-7-12(24-2)19-10(18-11)6-8-4-3-5-9(15)13(8)20-25(21,22)14(16)17/h3-5,7,14,20H,6H2,1-2H3. The second-order valence-corrected chi connectivity index (χ2v) is 6.79. The van der Waals surface area contributed by atoms with Gasteiger partial charge in [0.25, 0.3) is 10.0 Å². The average Bonchev–Trinajstić information content (AvgIpc) is 2.57. The third-order valence-electron chi connectivity index (χ3n) is 3.07. The summed E-state index contributed by atoms with van der Waals surface area (Å²) in [7, 11) is -2.05. The predicted octanol–water partition coefficient (Wildman–Crippen LogP) is 2.70. The van der Waals surface area contributed by atoms with Crippen LogP contribution >= 0.6 is 11.6 Å². The van der Waals surface area contributed by atoms with E-state index < -0.39 is 15.8 Å². The molecule has 0 spiro atoms. The molecule has 0 aliphatic heterocycles. The van der Waals surface area contributed by atoms with Gasteiger partial charge in [-0.15, -0.1) is 0 Å². The molecule has 1 aromatic heterocycles. The Morgan fingerprint density at radius 3 is 2.32 bits per heavy atom. The number of nitrogens with zero attached hydrogens (tertiary/aromatic N) is 2. The molecule has 7 nitrogen and oxygen atoms in total. The summed E-state index contributed by atoms with van der Waals surface area (Å²) in [6, 6.07) is 5.91. The SMILES string of the molecule is COc1cc(OC)nc(Cc2cccc(Cl)c2NS(=O)(=O)C(F)F)n1. The quantitative estimate of drug-likeness (QED) is 0.777. The van der Waals surface area contributed by atoms with Crippen molar-refractivity contribution >= 4 is 27.3 Å². The number of halogens is 3. The normalized spacial score (nSPS) is 11.4. The number of methoxy groups -OCH3 is 2. The third kappa shape index (κ3) is 4.67. The van der Waals surface area contributed by atoms with Gasteiger partial charge in [0.05, 0.1) is 31.0 Å². The van der Waals surface area contributed by atoms with E-state index in [1.165, 1.54) is 32.4 Å². The zero-order valence-corrected chi connectivity index (χ0v) is 14.7. The molecule has 0 unspecified atom stereocenters. The van der Waals surface area contributed by atoms with Gasteiger partial charge in [0.1, 0.15) is 5.82 Å². The molecule has 11 heteroatoms. The maximum absolute atomic E-state index is 12.6. The Kier molecular flexibility index (Phi) is 5.96. The Labute approximate surface area is 148 Å². The van der Waals surface area contributed by atoms with E-state index in [0.29, 0.717) is 5.56 Å². The van der Waals surface area contributed by atoms with E-state index >= 15 is 0 Å². The van der Waals surface area contributed by atoms with Crippen LogP contribution in [0.1, 0.15) is 11.4 Å². The summed E-state index contributed by atoms with van der Waals surface area (Å²) in [5, 5.41) is -0.0309. The Morgan fingerprint density at radius 2 is 1.80 bits per heavy atom. The van der Waals surface area contributed by atoms with Gasteiger partial charge >= 0.3 is 5.76 Å². The van der Waals surface area contributed by atoms with Crippen molar-refractivity contribution in [2.75, 3.05) is 18.9 Å². The van der Waals surface area contributed by atoms with Gasteiger partial charge in [-0.2, -0.15) is 18.7 Å². The lowest BCUT2D eigenvalue weighted by Crippen LogP contribution is -2.21. The fraction of sp³-hybridized carbons (Fsp3) is 0.286. The summed E-state index contributed by atoms with van der Waals surface area (Å²) in [4.78, 5) is 8.23. The Balaban J connectivity index is 2.43. The second-order valence-electron chi connectivity index (χ2n) is 4.73. The third-order valence-corrected chi connectivity index (χ3v) is 4.34. The first-order valence-electron chi connectivity index (χ1n) is 6.80. The zero-order chi connectivity index (χ0) is 18.6. The molecule has 0 amide bonds. The van der Waals surface area contributed by atoms with Crippen molar-refractivity contribution in [2.45, 2.75) is 12.2 Å². The van der Waals surface area contributed by atoms with Gasteiger partial charge < -0.3 is 9.47 Å². The highest BCUT2D eigenvalue weighted by Gasteiger charge is 2.26. The summed E-state index contributed by atoms with van der Waals surface area (Å²) in [6.07, 6.45) is 0.00914. The highest BCUT2D eigenvalue weighted by Crippen LogP contribution is 2.30. The van der Waals surface area contributed by atoms with Gasteiger partial charge in [0.2, 0.25) is 11.8 Å². The molecule has 0 atom stereocenters. The van der Waals surface area contributed by atoms with E-state index in [2.05, 4.69) is 9.97 Å². The van der Waals surface area contributed by atoms with Crippen LogP contribution in [0.4, 0.5) is 14.5 Å². The minimum atomic E-state index is -4.87. The van der Waals surface area contributed by atoms with Gasteiger partial charge in [0.15, 0.2) is 0 Å². The minimum absolute atomic E-state index is 0.00914. The molecule has 25 heavy (non-hydrogen) atoms. The van der Waals surface area contributed by atoms with Crippen molar-refractivity contribution in [3.05, 3.63) is 40.7 Å². The predicted molar refractivity (Wildman–Crippen MR) is 87.9 cm³/mol. The van der Waals surface area contributed by atoms with Crippen LogP contribution in [0.15, 0.2) is 24.3 Å². The van der Waals surface area contributed by atoms with E-state index in [0.717, 1.165) is 0 Å². The molecular weight excluding hydrogens is 380 g/mol. The molecule has 2 rings (SSSR count). The Morgan fingerprint density at radius 1 is 1.20 bits per heavy atom. The summed E-state index contributed by atoms with van der Waals surface area (Å²) in [5.41, 5.74) is 0.155. The lowest BCUT2D eigenvalue weighted by molar-refractivity contribution is 0.236. The summed E-state index contributed by atoms with van der Waals surface area (Å²) < 4.78 is 60.1. The monoisotopic (exact) mass is 393 g/mol. The number of aromatic nitrogens is 2. The van der Waals surface area contributed by atoms with E-state index in [1.807, 2.05) is 0 Å². The topological polar surface area (TPSA) is 90.4 Å². The Bertz CT molecular complexity index is 843. The molecule has 136 valence electrons. The first kappa shape index (κ1) is 19.1. The molecule has 2 aromatic rings. The smallest absolute Gasteiger partial charge is 0.355 e. The first-order valence-corrected chi connectivity index (χ1v) is 8.72. The molecule has 0 fully saturated rings. The molecule has 1 N–H and O–H groups in total. The largest absolute Gasteiger partial charge is 0.481 e. The van der Waals surface area contributed by atoms with Gasteiger partial charge in [-0.25, -0.2) is 8.42 Å². The number of alkyl halides is 2. The summed E-state index contributed by atoms with van der Waals surface area (Å²) in [5.74, 6) is -2.89. The summed E-state index contributed by atoms with van der Waals surface area (Å²) in [6.45, 7) is 0. The molecule has 0 saturated heterocycles. The molecule has 0 radical (unpaired) electrons. The van der Waals surface area contributed by atoms with Crippen LogP contribution in [-0.4, -0.2) is 38.4 Å². The zero-order valence-electron chi connectivity index (χ0n) is 13.2. The molecule has 1 heterocycles. The van der Waals surface area contributed by atoms with Crippen molar-refractivity contribution in [1.82, 2.24) is 9.97 Å². The number of benzene rings is 1. The maximum atomic E-state index is 12.6. The van der Waals surface area contributed by atoms with Gasteiger partial charge in [-0.1, -0.05) is 23.7 Å². The van der Waals surface area contributed by atoms with Crippen LogP contribution in [0.3, 0.4) is 0 Å². The maximum Gasteiger partial charge on any atom is 0.355 e. The van der Waals surface area contributed by atoms with Gasteiger partial charge in [-0.05, 0) is 11.6 Å². The van der Waals surface area contributed by atoms with E-state index in [1.54, 1.807) is 10.8 Å². The molecule has 0 bridgehead atoms. The number of para-hydroxylation sites is 1. The minimum Gasteiger partial charge on any atom is -0.481 e. The van der Waals surface area contributed by atoms with Crippen molar-refractivity contribution in [3.63, 3.8) is 0 Å². The number of rotatable bonds is 7. The fourth-order valence-electron chi connectivity index (χ4n) is 1.93. The molecule has 1 aromatic carbocycles. The summed E-state index contributed by atoms with van der Waals surface area (Å²) >= 11 is 5.96. The van der Waals surface area contributed by atoms with Crippen molar-refractivity contribution in [1.29, 1.82) is 0 Å². The van der Waals surface area contributed by atoms with Crippen LogP contribution in [0.25, 0.3) is 0 Å². The highest BCUT2D eigenvalue weighted by molar-refractivity contribution is 7.93. The second kappa shape index (κ2) is 7.79. The molecular formula is C14H14ClF2N3O4S. The lowest BCUT2D eigenvalue weighted by Gasteiger charge is -2.14. The number of hydrogen-bond donors (Lipinski definition) is 1. The van der Waals surface area contributed by atoms with Gasteiger partial charge in [-0.3, -0.25) is 4.72 Å². The molecule has 0 aliphatic rings. The lowest BCUT2D eigenvalue weighted by atomic mass is 10.1. The van der Waals surface area contributed by atoms with Crippen LogP contribution in [-0.2, 0) is 16.4 Å². The number of nitrogens with one attached hydrogen (secondary N) is 1. The van der Waals surface area contributed by atoms with Gasteiger partial charge in [0, 0.05) is 6.42 Å². The van der Waals surface area contributed by atoms with E-state index in [9.17, 15) is 17.2 Å². The van der Waals surface area contributed by atoms with Crippen LogP contribution < -0.4 is 14.2 Å². The van der Waals surface area contributed by atoms with Crippen molar-refractivity contribution in [2.24, 2.45) is 0 Å². The average molecular weight is 394 g/mol. The van der Waals surface area contributed by atoms with Crippen molar-refractivity contribution < 1.29 is 26.7 Å². The fourth-order valence-corrected chi connectivity index (χ4v) is 2.84. The molecule has 0 saturated carbocycles. The molecule has 0 aliphatic carbocycles. The number of anilines is 1. The van der Waals surface area contributed by atoms with E-state index in [-0.39, 0.29) is 34.7 Å². The number of sulfonamides is 1. The first-order chi connectivity index (χ1) is 11.8. The number of hydrogen-bond acceptors (Lipinski definition) is 6. The van der Waals surface area contributed by atoms with Crippen LogP contribution in [0.5, 0.6) is 11.8 Å². The van der Waals surface area contributed by atoms with E-state index in [4.69, 9.17) is 21.1 Å². The number of ether oxygens (including phenoxy) is 2. The van der Waals surface area contributed by atoms with Crippen molar-refractivity contribution in [3.8, 4) is 11.8 Å².